The maximum atomic E-state index is 10.9. The number of hydrogen-bond donors (Lipinski definition) is 1. The zero-order valence-electron chi connectivity index (χ0n) is 15.4. The summed E-state index contributed by atoms with van der Waals surface area (Å²) >= 11 is 3.35. The number of hydrogen-bond acceptors (Lipinski definition) is 5. The monoisotopic (exact) mass is 357 g/mol. The summed E-state index contributed by atoms with van der Waals surface area (Å²) in [6.45, 7) is 2.62. The van der Waals surface area contributed by atoms with E-state index in [2.05, 4.69) is 29.2 Å². The Labute approximate surface area is 171 Å². The van der Waals surface area contributed by atoms with E-state index in [0.717, 1.165) is 12.8 Å². The molecule has 134 valence electrons. The minimum Gasteiger partial charge on any atom is -0.760 e. The van der Waals surface area contributed by atoms with Crippen LogP contribution in [0, 0.1) is 5.21 Å². The molecule has 0 saturated heterocycles. The molecule has 0 radical (unpaired) electrons. The zero-order valence-corrected chi connectivity index (χ0v) is 18.3. The van der Waals surface area contributed by atoms with Crippen molar-refractivity contribution in [1.82, 2.24) is 5.23 Å². The summed E-state index contributed by atoms with van der Waals surface area (Å²) in [5, 5.41) is 11.3. The standard InChI is InChI=1S/C17H36NO3S.Na/c1-2-3-4-5-6-7-8-9-10-11-12-13-14-15-16-17-18(19)20-21-22;/h22H,2-17H2,1H3;/q-1;+1. The van der Waals surface area contributed by atoms with Crippen molar-refractivity contribution in [3.05, 3.63) is 5.21 Å². The number of hydroxylamine groups is 2. The van der Waals surface area contributed by atoms with Crippen molar-refractivity contribution in [2.45, 2.75) is 103 Å². The Morgan fingerprint density at radius 2 is 1.04 bits per heavy atom. The van der Waals surface area contributed by atoms with Crippen LogP contribution < -0.4 is 29.6 Å². The van der Waals surface area contributed by atoms with Gasteiger partial charge in [0, 0.05) is 19.5 Å². The largest absolute Gasteiger partial charge is 1.00 e. The molecule has 23 heavy (non-hydrogen) atoms. The van der Waals surface area contributed by atoms with Gasteiger partial charge in [0.2, 0.25) is 0 Å². The third kappa shape index (κ3) is 23.2. The van der Waals surface area contributed by atoms with Gasteiger partial charge in [-0.05, 0) is 6.42 Å². The van der Waals surface area contributed by atoms with Crippen molar-refractivity contribution in [3.63, 3.8) is 0 Å². The SMILES string of the molecule is CCCCCCCCCCCCCCCCCN([O-])OOS.[Na+]. The molecule has 6 heteroatoms. The van der Waals surface area contributed by atoms with Gasteiger partial charge in [-0.15, -0.1) is 9.32 Å². The molecule has 0 heterocycles. The van der Waals surface area contributed by atoms with Crippen LogP contribution in [0.25, 0.3) is 0 Å². The number of unbranched alkanes of at least 4 members (excludes halogenated alkanes) is 14. The summed E-state index contributed by atoms with van der Waals surface area (Å²) in [4.78, 5) is 4.20. The molecular formula is C17H36NNaO3S. The van der Waals surface area contributed by atoms with E-state index in [9.17, 15) is 5.21 Å². The Kier molecular flexibility index (Phi) is 26.6. The smallest absolute Gasteiger partial charge is 0.760 e. The second kappa shape index (κ2) is 23.2. The van der Waals surface area contributed by atoms with Gasteiger partial charge in [-0.3, -0.25) is 0 Å². The van der Waals surface area contributed by atoms with Crippen LogP contribution in [0.3, 0.4) is 0 Å². The third-order valence-electron chi connectivity index (χ3n) is 4.06. The number of rotatable bonds is 18. The van der Waals surface area contributed by atoms with Gasteiger partial charge in [-0.1, -0.05) is 96.8 Å². The van der Waals surface area contributed by atoms with E-state index in [4.69, 9.17) is 0 Å². The maximum Gasteiger partial charge on any atom is 1.00 e. The van der Waals surface area contributed by atoms with Gasteiger partial charge in [-0.2, -0.15) is 0 Å². The normalized spacial score (nSPS) is 11.0. The first-order chi connectivity index (χ1) is 10.8. The van der Waals surface area contributed by atoms with Crippen LogP contribution in [0.2, 0.25) is 0 Å². The van der Waals surface area contributed by atoms with Crippen LogP contribution >= 0.6 is 12.9 Å². The molecule has 0 atom stereocenters. The van der Waals surface area contributed by atoms with E-state index >= 15 is 0 Å². The zero-order chi connectivity index (χ0) is 16.3. The average molecular weight is 358 g/mol. The molecule has 0 bridgehead atoms. The van der Waals surface area contributed by atoms with Crippen molar-refractivity contribution < 1.29 is 38.9 Å². The maximum absolute atomic E-state index is 10.9. The molecule has 0 spiro atoms. The summed E-state index contributed by atoms with van der Waals surface area (Å²) in [5.74, 6) is 0. The number of nitrogens with zero attached hydrogens (tertiary/aromatic N) is 1. The molecule has 0 aromatic heterocycles. The minimum absolute atomic E-state index is 0. The summed E-state index contributed by atoms with van der Waals surface area (Å²) < 4.78 is 3.99. The van der Waals surface area contributed by atoms with Crippen molar-refractivity contribution >= 4 is 12.9 Å². The van der Waals surface area contributed by atoms with Crippen LogP contribution in [0.5, 0.6) is 0 Å². The van der Waals surface area contributed by atoms with Crippen LogP contribution in [0.1, 0.15) is 103 Å². The van der Waals surface area contributed by atoms with Gasteiger partial charge in [0.1, 0.15) is 0 Å². The van der Waals surface area contributed by atoms with E-state index in [-0.39, 0.29) is 29.6 Å². The molecule has 0 N–H and O–H groups in total. The van der Waals surface area contributed by atoms with Crippen molar-refractivity contribution in [2.24, 2.45) is 0 Å². The van der Waals surface area contributed by atoms with Gasteiger partial charge < -0.3 is 5.21 Å². The van der Waals surface area contributed by atoms with E-state index in [1.165, 1.54) is 83.5 Å². The van der Waals surface area contributed by atoms with Crippen LogP contribution in [0.15, 0.2) is 0 Å². The second-order valence-electron chi connectivity index (χ2n) is 6.16. The second-order valence-corrected chi connectivity index (χ2v) is 6.30. The Morgan fingerprint density at radius 3 is 1.39 bits per heavy atom. The fourth-order valence-electron chi connectivity index (χ4n) is 2.69. The summed E-state index contributed by atoms with van der Waals surface area (Å²) in [6.07, 6.45) is 19.7. The molecule has 0 amide bonds. The molecule has 0 unspecified atom stereocenters. The third-order valence-corrected chi connectivity index (χ3v) is 4.13. The summed E-state index contributed by atoms with van der Waals surface area (Å²) in [5.41, 5.74) is 0. The van der Waals surface area contributed by atoms with E-state index in [1.807, 2.05) is 0 Å². The first kappa shape index (κ1) is 26.4. The molecule has 4 nitrogen and oxygen atoms in total. The van der Waals surface area contributed by atoms with E-state index in [0.29, 0.717) is 11.8 Å². The van der Waals surface area contributed by atoms with Crippen molar-refractivity contribution in [3.8, 4) is 0 Å². The van der Waals surface area contributed by atoms with Gasteiger partial charge >= 0.3 is 29.6 Å². The van der Waals surface area contributed by atoms with Crippen LogP contribution in [0.4, 0.5) is 0 Å². The summed E-state index contributed by atoms with van der Waals surface area (Å²) in [7, 11) is 0. The molecule has 0 saturated carbocycles. The molecule has 0 aliphatic heterocycles. The molecule has 0 aliphatic carbocycles. The summed E-state index contributed by atoms with van der Waals surface area (Å²) in [6, 6.07) is 0. The molecular weight excluding hydrogens is 321 g/mol. The molecule has 0 aromatic carbocycles. The van der Waals surface area contributed by atoms with E-state index in [1.54, 1.807) is 0 Å². The van der Waals surface area contributed by atoms with Gasteiger partial charge in [0.05, 0.1) is 0 Å². The predicted molar refractivity (Wildman–Crippen MR) is 96.2 cm³/mol. The number of thiol groups is 1. The molecule has 0 fully saturated rings. The fourth-order valence-corrected chi connectivity index (χ4v) is 2.76. The minimum atomic E-state index is 0. The average Bonchev–Trinajstić information content (AvgIpc) is 2.51. The Morgan fingerprint density at radius 1 is 0.696 bits per heavy atom. The van der Waals surface area contributed by atoms with Crippen LogP contribution in [-0.2, 0) is 9.32 Å². The van der Waals surface area contributed by atoms with Gasteiger partial charge in [0.25, 0.3) is 0 Å². The Hall–Kier alpha value is 1.19. The fraction of sp³-hybridized carbons (Fsp3) is 1.00. The molecule has 0 aliphatic rings. The van der Waals surface area contributed by atoms with Gasteiger partial charge in [-0.25, -0.2) is 5.23 Å². The Bertz CT molecular complexity index is 214. The van der Waals surface area contributed by atoms with E-state index < -0.39 is 0 Å². The van der Waals surface area contributed by atoms with Crippen molar-refractivity contribution in [2.75, 3.05) is 6.54 Å². The topological polar surface area (TPSA) is 44.8 Å². The van der Waals surface area contributed by atoms with Crippen LogP contribution in [-0.4, -0.2) is 11.8 Å². The van der Waals surface area contributed by atoms with Crippen molar-refractivity contribution in [1.29, 1.82) is 0 Å². The Balaban J connectivity index is 0. The molecule has 0 aromatic rings. The first-order valence-electron chi connectivity index (χ1n) is 9.24. The first-order valence-corrected chi connectivity index (χ1v) is 9.60. The van der Waals surface area contributed by atoms with Gasteiger partial charge in [0.15, 0.2) is 0 Å². The predicted octanol–water partition coefficient (Wildman–Crippen LogP) is 3.37. The quantitative estimate of drug-likeness (QED) is 0.102. The molecule has 0 rings (SSSR count).